The van der Waals surface area contributed by atoms with Crippen LogP contribution in [0.1, 0.15) is 27.7 Å². The van der Waals surface area contributed by atoms with Crippen molar-refractivity contribution in [2.45, 2.75) is 27.7 Å². The fourth-order valence-corrected chi connectivity index (χ4v) is 0. The average Bonchev–Trinajstić information content (AvgIpc) is 1.89. The zero-order valence-electron chi connectivity index (χ0n) is 8.72. The third-order valence-electron chi connectivity index (χ3n) is 0.730. The summed E-state index contributed by atoms with van der Waals surface area (Å²) in [7, 11) is 0. The van der Waals surface area contributed by atoms with E-state index in [-0.39, 0.29) is 46.5 Å². The smallest absolute Gasteiger partial charge is 1.00 e. The van der Waals surface area contributed by atoms with E-state index in [0.717, 1.165) is 0 Å². The van der Waals surface area contributed by atoms with Gasteiger partial charge in [0.15, 0.2) is 0 Å². The fraction of sp³-hybridized carbons (Fsp3) is 1.00. The van der Waals surface area contributed by atoms with E-state index in [0.29, 0.717) is 25.0 Å². The first-order valence-electron chi connectivity index (χ1n) is 3.76. The zero-order valence-corrected chi connectivity index (χ0v) is 11.8. The molecule has 0 spiro atoms. The van der Waals surface area contributed by atoms with Crippen molar-refractivity contribution in [3.63, 3.8) is 0 Å². The summed E-state index contributed by atoms with van der Waals surface area (Å²) < 4.78 is 0. The van der Waals surface area contributed by atoms with Crippen LogP contribution in [-0.4, -0.2) is 23.4 Å². The molecule has 0 bridgehead atoms. The Labute approximate surface area is 109 Å². The Morgan fingerprint density at radius 3 is 0.846 bits per heavy atom. The van der Waals surface area contributed by atoms with Crippen molar-refractivity contribution in [3.8, 4) is 0 Å². The Bertz CT molecular complexity index is 56.1. The third kappa shape index (κ3) is 61.1. The Kier molecular flexibility index (Phi) is 52.2. The molecule has 0 atom stereocenters. The van der Waals surface area contributed by atoms with Crippen molar-refractivity contribution < 1.29 is 56.7 Å². The van der Waals surface area contributed by atoms with Gasteiger partial charge in [0, 0.05) is 13.2 Å². The number of aliphatic hydroxyl groups excluding tert-OH is 2. The maximum Gasteiger partial charge on any atom is 2.00 e. The van der Waals surface area contributed by atoms with E-state index >= 15 is 0 Å². The van der Waals surface area contributed by atoms with E-state index < -0.39 is 0 Å². The molecule has 0 aromatic carbocycles. The van der Waals surface area contributed by atoms with Gasteiger partial charge in [0.25, 0.3) is 0 Å². The van der Waals surface area contributed by atoms with Gasteiger partial charge < -0.3 is 35.0 Å². The Balaban J connectivity index is -0.0000000267. The second-order valence-electron chi connectivity index (χ2n) is 3.15. The first-order valence-corrected chi connectivity index (χ1v) is 3.76. The van der Waals surface area contributed by atoms with Crippen molar-refractivity contribution in [2.75, 3.05) is 13.2 Å². The maximum atomic E-state index is 8.14. The van der Waals surface area contributed by atoms with E-state index in [1.165, 1.54) is 0 Å². The van der Waals surface area contributed by atoms with E-state index in [4.69, 9.17) is 10.2 Å². The second-order valence-corrected chi connectivity index (χ2v) is 3.15. The summed E-state index contributed by atoms with van der Waals surface area (Å²) in [6, 6.07) is 0. The third-order valence-corrected chi connectivity index (χ3v) is 0.730. The van der Waals surface area contributed by atoms with Crippen LogP contribution in [-0.2, 0) is 21.7 Å². The maximum absolute atomic E-state index is 8.14. The van der Waals surface area contributed by atoms with Crippen LogP contribution in [0.15, 0.2) is 0 Å². The molecule has 0 aliphatic carbocycles. The van der Waals surface area contributed by atoms with Crippen LogP contribution < -0.4 is 24.8 Å². The summed E-state index contributed by atoms with van der Waals surface area (Å²) in [5, 5.41) is 16.3. The Morgan fingerprint density at radius 1 is 0.769 bits per heavy atom. The van der Waals surface area contributed by atoms with Gasteiger partial charge in [-0.2, -0.15) is 0 Å². The van der Waals surface area contributed by atoms with Crippen LogP contribution >= 0.6 is 0 Å². The number of hydrogen-bond acceptors (Lipinski definition) is 2. The molecule has 0 aromatic heterocycles. The van der Waals surface area contributed by atoms with Crippen molar-refractivity contribution in [2.24, 2.45) is 11.8 Å². The topological polar surface area (TPSA) is 40.5 Å². The van der Waals surface area contributed by atoms with Crippen LogP contribution in [0.2, 0.25) is 0 Å². The van der Waals surface area contributed by atoms with Gasteiger partial charge in [0.05, 0.1) is 0 Å². The first kappa shape index (κ1) is 29.2. The van der Waals surface area contributed by atoms with E-state index in [9.17, 15) is 0 Å². The van der Waals surface area contributed by atoms with Crippen molar-refractivity contribution in [3.05, 3.63) is 0 Å². The molecule has 13 heavy (non-hydrogen) atoms. The number of hydrogen-bond donors (Lipinski definition) is 2. The van der Waals surface area contributed by atoms with Crippen molar-refractivity contribution in [1.29, 1.82) is 0 Å². The molecule has 2 nitrogen and oxygen atoms in total. The summed E-state index contributed by atoms with van der Waals surface area (Å²) in [4.78, 5) is 0. The van der Waals surface area contributed by atoms with Gasteiger partial charge in [0.1, 0.15) is 0 Å². The largest absolute Gasteiger partial charge is 2.00 e. The summed E-state index contributed by atoms with van der Waals surface area (Å²) in [6.45, 7) is 8.50. The summed E-state index contributed by atoms with van der Waals surface area (Å²) in [6.07, 6.45) is 0. The Hall–Kier alpha value is 1.21. The standard InChI is InChI=1S/2C4H10O.2ClH.Ti/c2*1-4(2)3-5;;;/h2*4-5H,3H2,1-2H3;2*1H;/q;;;;+2/p-2. The molecule has 82 valence electrons. The number of aliphatic hydroxyl groups is 2. The van der Waals surface area contributed by atoms with Gasteiger partial charge in [0.2, 0.25) is 0 Å². The van der Waals surface area contributed by atoms with Gasteiger partial charge >= 0.3 is 21.7 Å². The van der Waals surface area contributed by atoms with E-state index in [2.05, 4.69) is 0 Å². The predicted octanol–water partition coefficient (Wildman–Crippen LogP) is -4.73. The molecule has 0 rings (SSSR count). The molecule has 0 aliphatic rings. The first-order chi connectivity index (χ1) is 4.54. The molecule has 0 saturated carbocycles. The molecule has 0 radical (unpaired) electrons. The SMILES string of the molecule is CC(C)CO.CC(C)CO.[Cl-].[Cl-].[Ti+2]. The normalized spacial score (nSPS) is 7.38. The quantitative estimate of drug-likeness (QED) is 0.493. The molecule has 0 aliphatic heterocycles. The second kappa shape index (κ2) is 23.2. The average molecular weight is 267 g/mol. The van der Waals surface area contributed by atoms with Gasteiger partial charge in [-0.25, -0.2) is 0 Å². The molecular weight excluding hydrogens is 247 g/mol. The van der Waals surface area contributed by atoms with Crippen molar-refractivity contribution in [1.82, 2.24) is 0 Å². The van der Waals surface area contributed by atoms with Gasteiger partial charge in [-0.05, 0) is 11.8 Å². The molecule has 0 saturated heterocycles. The molecule has 0 amide bonds. The minimum Gasteiger partial charge on any atom is -1.00 e. The summed E-state index contributed by atoms with van der Waals surface area (Å²) in [5.41, 5.74) is 0. The summed E-state index contributed by atoms with van der Waals surface area (Å²) >= 11 is 0. The van der Waals surface area contributed by atoms with Gasteiger partial charge in [-0.15, -0.1) is 0 Å². The van der Waals surface area contributed by atoms with E-state index in [1.54, 1.807) is 0 Å². The van der Waals surface area contributed by atoms with Crippen LogP contribution in [0.25, 0.3) is 0 Å². The number of halogens is 2. The molecule has 0 aromatic rings. The number of rotatable bonds is 2. The molecule has 0 fully saturated rings. The van der Waals surface area contributed by atoms with Crippen LogP contribution in [0.4, 0.5) is 0 Å². The van der Waals surface area contributed by atoms with Crippen LogP contribution in [0, 0.1) is 11.8 Å². The van der Waals surface area contributed by atoms with Crippen LogP contribution in [0.5, 0.6) is 0 Å². The molecular formula is C8H20Cl2O2Ti. The zero-order chi connectivity index (χ0) is 8.57. The van der Waals surface area contributed by atoms with Gasteiger partial charge in [-0.3, -0.25) is 0 Å². The molecule has 5 heteroatoms. The monoisotopic (exact) mass is 266 g/mol. The minimum atomic E-state index is 0. The van der Waals surface area contributed by atoms with Crippen molar-refractivity contribution >= 4 is 0 Å². The fourth-order valence-electron chi connectivity index (χ4n) is 0. The minimum absolute atomic E-state index is 0. The van der Waals surface area contributed by atoms with Gasteiger partial charge in [-0.1, -0.05) is 27.7 Å². The van der Waals surface area contributed by atoms with E-state index in [1.807, 2.05) is 27.7 Å². The van der Waals surface area contributed by atoms with Crippen LogP contribution in [0.3, 0.4) is 0 Å². The molecule has 0 heterocycles. The summed E-state index contributed by atoms with van der Waals surface area (Å²) in [5.74, 6) is 0.880. The Morgan fingerprint density at radius 2 is 0.846 bits per heavy atom. The molecule has 0 unspecified atom stereocenters. The predicted molar refractivity (Wildman–Crippen MR) is 43.8 cm³/mol. The molecule has 2 N–H and O–H groups in total.